The van der Waals surface area contributed by atoms with Crippen LogP contribution < -0.4 is 0 Å². The first-order valence-corrected chi connectivity index (χ1v) is 11.5. The van der Waals surface area contributed by atoms with Crippen molar-refractivity contribution in [3.05, 3.63) is 35.6 Å². The number of likely N-dealkylation sites (tertiary alicyclic amines) is 1. The predicted molar refractivity (Wildman–Crippen MR) is 106 cm³/mol. The van der Waals surface area contributed by atoms with Crippen LogP contribution >= 0.6 is 0 Å². The molecule has 1 aromatic carbocycles. The van der Waals surface area contributed by atoms with Gasteiger partial charge in [-0.15, -0.1) is 0 Å². The standard InChI is InChI=1S/C20H30FNO6S/c1-20(2,3)28-19(23)22-10-6-8-16(14-22)18(15-7-5-9-17(21)13-15)26-11-12-27-29(4,24)25/h5,7,9,13,16,18H,6,8,10-12,14H2,1-4H3. The highest BCUT2D eigenvalue weighted by Gasteiger charge is 2.33. The second-order valence-electron chi connectivity index (χ2n) is 8.20. The number of piperidine rings is 1. The largest absolute Gasteiger partial charge is 0.444 e. The molecule has 2 atom stereocenters. The maximum Gasteiger partial charge on any atom is 0.410 e. The predicted octanol–water partition coefficient (Wildman–Crippen LogP) is 3.51. The molecule has 9 heteroatoms. The molecule has 0 aromatic heterocycles. The SMILES string of the molecule is CC(C)(C)OC(=O)N1CCCC(C(OCCOS(C)(=O)=O)c2cccc(F)c2)C1. The number of ether oxygens (including phenoxy) is 2. The summed E-state index contributed by atoms with van der Waals surface area (Å²) in [5.41, 5.74) is 0.0475. The van der Waals surface area contributed by atoms with Gasteiger partial charge in [-0.05, 0) is 51.3 Å². The summed E-state index contributed by atoms with van der Waals surface area (Å²) in [5.74, 6) is -0.473. The number of carbonyl (C=O) groups excluding carboxylic acids is 1. The molecule has 0 saturated carbocycles. The molecule has 1 saturated heterocycles. The zero-order chi connectivity index (χ0) is 21.7. The molecule has 0 spiro atoms. The maximum absolute atomic E-state index is 13.8. The molecule has 1 heterocycles. The minimum atomic E-state index is -3.57. The van der Waals surface area contributed by atoms with Crippen LogP contribution in [0.4, 0.5) is 9.18 Å². The first-order valence-electron chi connectivity index (χ1n) is 9.64. The Morgan fingerprint density at radius 3 is 2.66 bits per heavy atom. The van der Waals surface area contributed by atoms with E-state index in [0.717, 1.165) is 19.1 Å². The summed E-state index contributed by atoms with van der Waals surface area (Å²) in [5, 5.41) is 0. The number of carbonyl (C=O) groups is 1. The number of hydrogen-bond acceptors (Lipinski definition) is 6. The van der Waals surface area contributed by atoms with Gasteiger partial charge >= 0.3 is 6.09 Å². The average Bonchev–Trinajstić information content (AvgIpc) is 2.59. The highest BCUT2D eigenvalue weighted by molar-refractivity contribution is 7.85. The van der Waals surface area contributed by atoms with Gasteiger partial charge in [-0.25, -0.2) is 9.18 Å². The summed E-state index contributed by atoms with van der Waals surface area (Å²) in [6, 6.07) is 6.11. The lowest BCUT2D eigenvalue weighted by Gasteiger charge is -2.37. The molecule has 1 amide bonds. The number of rotatable bonds is 7. The number of amides is 1. The van der Waals surface area contributed by atoms with Crippen LogP contribution in [0.5, 0.6) is 0 Å². The van der Waals surface area contributed by atoms with Crippen LogP contribution in [0.15, 0.2) is 24.3 Å². The Kier molecular flexibility index (Phi) is 8.02. The number of halogens is 1. The van der Waals surface area contributed by atoms with Gasteiger partial charge in [0.25, 0.3) is 10.1 Å². The molecule has 2 rings (SSSR count). The fourth-order valence-electron chi connectivity index (χ4n) is 3.30. The zero-order valence-corrected chi connectivity index (χ0v) is 18.2. The van der Waals surface area contributed by atoms with Crippen molar-refractivity contribution in [2.75, 3.05) is 32.6 Å². The minimum absolute atomic E-state index is 0.0250. The molecule has 0 bridgehead atoms. The Morgan fingerprint density at radius 2 is 2.03 bits per heavy atom. The molecule has 0 aliphatic carbocycles. The summed E-state index contributed by atoms with van der Waals surface area (Å²) in [6.45, 7) is 6.32. The topological polar surface area (TPSA) is 82.1 Å². The third-order valence-corrected chi connectivity index (χ3v) is 4.99. The van der Waals surface area contributed by atoms with Crippen molar-refractivity contribution in [2.24, 2.45) is 5.92 Å². The van der Waals surface area contributed by atoms with E-state index in [9.17, 15) is 17.6 Å². The van der Waals surface area contributed by atoms with Gasteiger partial charge in [-0.3, -0.25) is 4.18 Å². The molecular weight excluding hydrogens is 401 g/mol. The van der Waals surface area contributed by atoms with E-state index in [0.29, 0.717) is 18.7 Å². The first-order chi connectivity index (χ1) is 13.4. The Bertz CT molecular complexity index is 792. The highest BCUT2D eigenvalue weighted by Crippen LogP contribution is 2.33. The fraction of sp³-hybridized carbons (Fsp3) is 0.650. The molecule has 164 valence electrons. The van der Waals surface area contributed by atoms with Gasteiger partial charge in [-0.1, -0.05) is 12.1 Å². The van der Waals surface area contributed by atoms with Crippen molar-refractivity contribution in [3.63, 3.8) is 0 Å². The van der Waals surface area contributed by atoms with E-state index < -0.39 is 21.8 Å². The van der Waals surface area contributed by atoms with E-state index in [2.05, 4.69) is 0 Å². The van der Waals surface area contributed by atoms with Crippen molar-refractivity contribution in [1.29, 1.82) is 0 Å². The lowest BCUT2D eigenvalue weighted by atomic mass is 9.88. The highest BCUT2D eigenvalue weighted by atomic mass is 32.2. The molecule has 1 aromatic rings. The summed E-state index contributed by atoms with van der Waals surface area (Å²) in [7, 11) is -3.57. The number of hydrogen-bond donors (Lipinski definition) is 0. The normalized spacial score (nSPS) is 19.1. The van der Waals surface area contributed by atoms with Gasteiger partial charge in [0.2, 0.25) is 0 Å². The number of benzene rings is 1. The van der Waals surface area contributed by atoms with Crippen LogP contribution in [0, 0.1) is 11.7 Å². The summed E-state index contributed by atoms with van der Waals surface area (Å²) < 4.78 is 52.2. The van der Waals surface area contributed by atoms with E-state index >= 15 is 0 Å². The van der Waals surface area contributed by atoms with Crippen LogP contribution in [-0.4, -0.2) is 57.6 Å². The lowest BCUT2D eigenvalue weighted by Crippen LogP contribution is -2.44. The first kappa shape index (κ1) is 23.6. The number of nitrogens with zero attached hydrogens (tertiary/aromatic N) is 1. The smallest absolute Gasteiger partial charge is 0.410 e. The van der Waals surface area contributed by atoms with Crippen molar-refractivity contribution >= 4 is 16.2 Å². The van der Waals surface area contributed by atoms with E-state index in [4.69, 9.17) is 13.7 Å². The molecule has 1 aliphatic heterocycles. The molecule has 0 radical (unpaired) electrons. The second kappa shape index (κ2) is 9.86. The van der Waals surface area contributed by atoms with Gasteiger partial charge in [0, 0.05) is 19.0 Å². The quantitative estimate of drug-likeness (QED) is 0.485. The Morgan fingerprint density at radius 1 is 1.31 bits per heavy atom. The van der Waals surface area contributed by atoms with Gasteiger partial charge in [0.05, 0.1) is 25.6 Å². The molecular formula is C20H30FNO6S. The monoisotopic (exact) mass is 431 g/mol. The summed E-state index contributed by atoms with van der Waals surface area (Å²) in [4.78, 5) is 14.1. The Balaban J connectivity index is 2.11. The van der Waals surface area contributed by atoms with Crippen molar-refractivity contribution in [3.8, 4) is 0 Å². The van der Waals surface area contributed by atoms with E-state index in [-0.39, 0.29) is 31.0 Å². The summed E-state index contributed by atoms with van der Waals surface area (Å²) >= 11 is 0. The zero-order valence-electron chi connectivity index (χ0n) is 17.4. The van der Waals surface area contributed by atoms with Crippen molar-refractivity contribution in [2.45, 2.75) is 45.3 Å². The third kappa shape index (κ3) is 8.28. The van der Waals surface area contributed by atoms with E-state index in [1.165, 1.54) is 12.1 Å². The maximum atomic E-state index is 13.8. The van der Waals surface area contributed by atoms with Gasteiger partial charge in [0.1, 0.15) is 11.4 Å². The van der Waals surface area contributed by atoms with Crippen LogP contribution in [-0.2, 0) is 23.8 Å². The van der Waals surface area contributed by atoms with Crippen molar-refractivity contribution in [1.82, 2.24) is 4.90 Å². The lowest BCUT2D eigenvalue weighted by molar-refractivity contribution is -0.0323. The van der Waals surface area contributed by atoms with Crippen LogP contribution in [0.3, 0.4) is 0 Å². The second-order valence-corrected chi connectivity index (χ2v) is 9.85. The minimum Gasteiger partial charge on any atom is -0.444 e. The Hall–Kier alpha value is -1.71. The molecule has 1 aliphatic rings. The van der Waals surface area contributed by atoms with Crippen molar-refractivity contribution < 1.29 is 31.3 Å². The fourth-order valence-corrected chi connectivity index (χ4v) is 3.67. The van der Waals surface area contributed by atoms with E-state index in [1.807, 2.05) is 20.8 Å². The van der Waals surface area contributed by atoms with Gasteiger partial charge in [0.15, 0.2) is 0 Å². The van der Waals surface area contributed by atoms with Crippen LogP contribution in [0.2, 0.25) is 0 Å². The molecule has 1 fully saturated rings. The molecule has 29 heavy (non-hydrogen) atoms. The third-order valence-electron chi connectivity index (χ3n) is 4.39. The molecule has 2 unspecified atom stereocenters. The van der Waals surface area contributed by atoms with Gasteiger partial charge in [-0.2, -0.15) is 8.42 Å². The van der Waals surface area contributed by atoms with Crippen LogP contribution in [0.1, 0.15) is 45.3 Å². The van der Waals surface area contributed by atoms with E-state index in [1.54, 1.807) is 17.0 Å². The van der Waals surface area contributed by atoms with Crippen LogP contribution in [0.25, 0.3) is 0 Å². The summed E-state index contributed by atoms with van der Waals surface area (Å²) in [6.07, 6.45) is 1.63. The Labute approximate surface area is 172 Å². The average molecular weight is 432 g/mol. The molecule has 7 nitrogen and oxygen atoms in total. The molecule has 0 N–H and O–H groups in total. The van der Waals surface area contributed by atoms with Gasteiger partial charge < -0.3 is 14.4 Å².